The molecule has 0 bridgehead atoms. The lowest BCUT2D eigenvalue weighted by atomic mass is 10.1. The lowest BCUT2D eigenvalue weighted by molar-refractivity contribution is -0.115. The van der Waals surface area contributed by atoms with Crippen LogP contribution in [-0.2, 0) is 11.2 Å². The van der Waals surface area contributed by atoms with E-state index >= 15 is 0 Å². The monoisotopic (exact) mass is 333 g/mol. The van der Waals surface area contributed by atoms with Crippen LogP contribution < -0.4 is 10.6 Å². The molecule has 0 aliphatic rings. The maximum atomic E-state index is 12.3. The van der Waals surface area contributed by atoms with E-state index in [4.69, 9.17) is 0 Å². The molecule has 25 heavy (non-hydrogen) atoms. The average molecular weight is 333 g/mol. The van der Waals surface area contributed by atoms with E-state index in [2.05, 4.69) is 34.7 Å². The van der Waals surface area contributed by atoms with E-state index in [9.17, 15) is 4.79 Å². The fourth-order valence-corrected chi connectivity index (χ4v) is 2.91. The third-order valence-electron chi connectivity index (χ3n) is 4.11. The number of hydrogen-bond donors (Lipinski definition) is 2. The van der Waals surface area contributed by atoms with Crippen molar-refractivity contribution < 1.29 is 4.79 Å². The summed E-state index contributed by atoms with van der Waals surface area (Å²) in [5.41, 5.74) is 3.85. The molecule has 1 heterocycles. The SMILES string of the molecule is Cc1cc(NC(=O)CN[C@@H](C)Cc2ccccc2)c2ccccc2n1. The molecule has 1 aromatic heterocycles. The number of para-hydroxylation sites is 1. The van der Waals surface area contributed by atoms with Crippen molar-refractivity contribution in [2.24, 2.45) is 0 Å². The van der Waals surface area contributed by atoms with Crippen LogP contribution in [0, 0.1) is 6.92 Å². The summed E-state index contributed by atoms with van der Waals surface area (Å²) >= 11 is 0. The zero-order valence-corrected chi connectivity index (χ0v) is 14.6. The van der Waals surface area contributed by atoms with E-state index in [0.29, 0.717) is 0 Å². The van der Waals surface area contributed by atoms with Crippen molar-refractivity contribution in [1.29, 1.82) is 0 Å². The van der Waals surface area contributed by atoms with Crippen molar-refractivity contribution in [3.8, 4) is 0 Å². The van der Waals surface area contributed by atoms with Gasteiger partial charge in [-0.2, -0.15) is 0 Å². The molecule has 4 heteroatoms. The lowest BCUT2D eigenvalue weighted by Crippen LogP contribution is -2.35. The Kier molecular flexibility index (Phi) is 5.41. The van der Waals surface area contributed by atoms with Gasteiger partial charge in [0.05, 0.1) is 17.7 Å². The quantitative estimate of drug-likeness (QED) is 0.723. The van der Waals surface area contributed by atoms with Gasteiger partial charge in [0, 0.05) is 17.1 Å². The smallest absolute Gasteiger partial charge is 0.238 e. The summed E-state index contributed by atoms with van der Waals surface area (Å²) < 4.78 is 0. The fraction of sp³-hybridized carbons (Fsp3) is 0.238. The fourth-order valence-electron chi connectivity index (χ4n) is 2.91. The van der Waals surface area contributed by atoms with Gasteiger partial charge in [0.2, 0.25) is 5.91 Å². The van der Waals surface area contributed by atoms with Gasteiger partial charge in [-0.1, -0.05) is 48.5 Å². The Morgan fingerprint density at radius 1 is 1.08 bits per heavy atom. The molecule has 0 aliphatic carbocycles. The Bertz CT molecular complexity index is 861. The van der Waals surface area contributed by atoms with Crippen molar-refractivity contribution in [1.82, 2.24) is 10.3 Å². The molecule has 0 saturated heterocycles. The molecule has 0 spiro atoms. The molecule has 2 N–H and O–H groups in total. The van der Waals surface area contributed by atoms with Gasteiger partial charge >= 0.3 is 0 Å². The highest BCUT2D eigenvalue weighted by Gasteiger charge is 2.09. The Morgan fingerprint density at radius 3 is 2.60 bits per heavy atom. The number of fused-ring (bicyclic) bond motifs is 1. The number of amides is 1. The summed E-state index contributed by atoms with van der Waals surface area (Å²) in [6.07, 6.45) is 0.894. The average Bonchev–Trinajstić information content (AvgIpc) is 2.61. The van der Waals surface area contributed by atoms with Crippen molar-refractivity contribution in [2.45, 2.75) is 26.3 Å². The summed E-state index contributed by atoms with van der Waals surface area (Å²) in [6, 6.07) is 20.3. The molecule has 0 saturated carbocycles. The Morgan fingerprint density at radius 2 is 1.80 bits per heavy atom. The molecule has 4 nitrogen and oxygen atoms in total. The number of rotatable bonds is 6. The van der Waals surface area contributed by atoms with Crippen molar-refractivity contribution in [3.63, 3.8) is 0 Å². The van der Waals surface area contributed by atoms with Gasteiger partial charge in [0.15, 0.2) is 0 Å². The van der Waals surface area contributed by atoms with Crippen LogP contribution >= 0.6 is 0 Å². The minimum atomic E-state index is -0.0457. The molecule has 128 valence electrons. The van der Waals surface area contributed by atoms with Crippen LogP contribution in [0.2, 0.25) is 0 Å². The molecule has 0 fully saturated rings. The third-order valence-corrected chi connectivity index (χ3v) is 4.11. The zero-order valence-electron chi connectivity index (χ0n) is 14.6. The highest BCUT2D eigenvalue weighted by atomic mass is 16.1. The van der Waals surface area contributed by atoms with Gasteiger partial charge < -0.3 is 10.6 Å². The molecule has 2 aromatic carbocycles. The first-order valence-corrected chi connectivity index (χ1v) is 8.55. The molecule has 1 amide bonds. The maximum Gasteiger partial charge on any atom is 0.238 e. The van der Waals surface area contributed by atoms with Crippen LogP contribution in [0.3, 0.4) is 0 Å². The molecule has 0 aliphatic heterocycles. The zero-order chi connectivity index (χ0) is 17.6. The number of aromatic nitrogens is 1. The highest BCUT2D eigenvalue weighted by molar-refractivity contribution is 6.01. The van der Waals surface area contributed by atoms with Crippen LogP contribution in [-0.4, -0.2) is 23.5 Å². The summed E-state index contributed by atoms with van der Waals surface area (Å²) in [6.45, 7) is 4.30. The first-order chi connectivity index (χ1) is 12.1. The molecule has 3 aromatic rings. The molecule has 0 unspecified atom stereocenters. The van der Waals surface area contributed by atoms with Crippen molar-refractivity contribution in [2.75, 3.05) is 11.9 Å². The van der Waals surface area contributed by atoms with Crippen LogP contribution in [0.25, 0.3) is 10.9 Å². The summed E-state index contributed by atoms with van der Waals surface area (Å²) in [5.74, 6) is -0.0457. The first-order valence-electron chi connectivity index (χ1n) is 8.55. The number of benzene rings is 2. The minimum Gasteiger partial charge on any atom is -0.324 e. The second-order valence-corrected chi connectivity index (χ2v) is 6.35. The number of nitrogens with zero attached hydrogens (tertiary/aromatic N) is 1. The normalized spacial score (nSPS) is 12.1. The van der Waals surface area contributed by atoms with Gasteiger partial charge in [-0.05, 0) is 38.0 Å². The number of anilines is 1. The first kappa shape index (κ1) is 17.1. The lowest BCUT2D eigenvalue weighted by Gasteiger charge is -2.14. The van der Waals surface area contributed by atoms with E-state index in [-0.39, 0.29) is 18.5 Å². The number of nitrogens with one attached hydrogen (secondary N) is 2. The number of carbonyl (C=O) groups is 1. The number of hydrogen-bond acceptors (Lipinski definition) is 3. The van der Waals surface area contributed by atoms with Gasteiger partial charge in [-0.25, -0.2) is 0 Å². The van der Waals surface area contributed by atoms with E-state index in [1.807, 2.05) is 55.5 Å². The standard InChI is InChI=1S/C21H23N3O/c1-15(12-17-8-4-3-5-9-17)22-14-21(25)24-20-13-16(2)23-19-11-7-6-10-18(19)20/h3-11,13,15,22H,12,14H2,1-2H3,(H,23,24,25)/t15-/m0/s1. The summed E-state index contributed by atoms with van der Waals surface area (Å²) in [4.78, 5) is 16.8. The van der Waals surface area contributed by atoms with Gasteiger partial charge in [0.1, 0.15) is 0 Å². The minimum absolute atomic E-state index is 0.0457. The van der Waals surface area contributed by atoms with E-state index < -0.39 is 0 Å². The van der Waals surface area contributed by atoms with Gasteiger partial charge in [0.25, 0.3) is 0 Å². The Labute approximate surface area is 148 Å². The molecule has 1 atom stereocenters. The predicted octanol–water partition coefficient (Wildman–Crippen LogP) is 3.70. The molecular formula is C21H23N3O. The summed E-state index contributed by atoms with van der Waals surface area (Å²) in [5, 5.41) is 7.25. The second kappa shape index (κ2) is 7.90. The van der Waals surface area contributed by atoms with E-state index in [1.165, 1.54) is 5.56 Å². The maximum absolute atomic E-state index is 12.3. The molecule has 3 rings (SSSR count). The van der Waals surface area contributed by atoms with Crippen LogP contribution in [0.5, 0.6) is 0 Å². The van der Waals surface area contributed by atoms with Gasteiger partial charge in [-0.3, -0.25) is 9.78 Å². The second-order valence-electron chi connectivity index (χ2n) is 6.35. The molecule has 0 radical (unpaired) electrons. The predicted molar refractivity (Wildman–Crippen MR) is 103 cm³/mol. The van der Waals surface area contributed by atoms with E-state index in [1.54, 1.807) is 0 Å². The van der Waals surface area contributed by atoms with Crippen LogP contribution in [0.1, 0.15) is 18.2 Å². The number of carbonyl (C=O) groups excluding carboxylic acids is 1. The molecular weight excluding hydrogens is 310 g/mol. The van der Waals surface area contributed by atoms with Crippen molar-refractivity contribution in [3.05, 3.63) is 71.9 Å². The summed E-state index contributed by atoms with van der Waals surface area (Å²) in [7, 11) is 0. The largest absolute Gasteiger partial charge is 0.324 e. The van der Waals surface area contributed by atoms with Crippen LogP contribution in [0.15, 0.2) is 60.7 Å². The van der Waals surface area contributed by atoms with E-state index in [0.717, 1.165) is 28.7 Å². The van der Waals surface area contributed by atoms with Crippen molar-refractivity contribution >= 4 is 22.5 Å². The number of pyridine rings is 1. The number of aryl methyl sites for hydroxylation is 1. The Hall–Kier alpha value is -2.72. The van der Waals surface area contributed by atoms with Gasteiger partial charge in [-0.15, -0.1) is 0 Å². The topological polar surface area (TPSA) is 54.0 Å². The highest BCUT2D eigenvalue weighted by Crippen LogP contribution is 2.22. The Balaban J connectivity index is 1.59. The van der Waals surface area contributed by atoms with Crippen LogP contribution in [0.4, 0.5) is 5.69 Å². The third kappa shape index (κ3) is 4.64.